The maximum atomic E-state index is 5.97. The number of piperazine rings is 1. The monoisotopic (exact) mass is 323 g/mol. The van der Waals surface area contributed by atoms with Gasteiger partial charge in [0, 0.05) is 41.9 Å². The number of nitrogens with two attached hydrogens (primary N) is 1. The van der Waals surface area contributed by atoms with Gasteiger partial charge in [-0.3, -0.25) is 9.80 Å². The van der Waals surface area contributed by atoms with Crippen molar-refractivity contribution in [3.05, 3.63) is 28.2 Å². The second kappa shape index (κ2) is 5.43. The highest BCUT2D eigenvalue weighted by Gasteiger charge is 2.34. The molecule has 0 bridgehead atoms. The van der Waals surface area contributed by atoms with Crippen LogP contribution in [0.1, 0.15) is 25.3 Å². The number of rotatable bonds is 2. The molecule has 2 unspecified atom stereocenters. The summed E-state index contributed by atoms with van der Waals surface area (Å²) in [5.74, 6) is 0. The molecule has 4 heteroatoms. The molecule has 19 heavy (non-hydrogen) atoms. The van der Waals surface area contributed by atoms with Crippen LogP contribution in [0.2, 0.25) is 0 Å². The lowest BCUT2D eigenvalue weighted by atomic mass is 10.1. The molecule has 2 saturated heterocycles. The summed E-state index contributed by atoms with van der Waals surface area (Å²) >= 11 is 3.46. The van der Waals surface area contributed by atoms with Crippen LogP contribution in [-0.4, -0.2) is 41.5 Å². The van der Waals surface area contributed by atoms with Crippen LogP contribution in [0.15, 0.2) is 22.7 Å². The van der Waals surface area contributed by atoms with E-state index in [4.69, 9.17) is 5.73 Å². The van der Waals surface area contributed by atoms with Gasteiger partial charge in [-0.1, -0.05) is 6.07 Å². The van der Waals surface area contributed by atoms with Gasteiger partial charge in [0.2, 0.25) is 0 Å². The van der Waals surface area contributed by atoms with Gasteiger partial charge in [-0.05, 0) is 59.9 Å². The summed E-state index contributed by atoms with van der Waals surface area (Å²) in [6.07, 6.45) is 2.74. The SMILES string of the molecule is CC1CN2CCCC2CN1Cc1ccc(Br)c(N)c1. The molecule has 3 nitrogen and oxygen atoms in total. The van der Waals surface area contributed by atoms with E-state index < -0.39 is 0 Å². The van der Waals surface area contributed by atoms with E-state index in [0.717, 1.165) is 22.7 Å². The van der Waals surface area contributed by atoms with Crippen molar-refractivity contribution < 1.29 is 0 Å². The van der Waals surface area contributed by atoms with Crippen LogP contribution in [0.25, 0.3) is 0 Å². The minimum atomic E-state index is 0.638. The molecular formula is C15H22BrN3. The molecule has 2 heterocycles. The molecule has 1 aromatic carbocycles. The lowest BCUT2D eigenvalue weighted by Crippen LogP contribution is -2.54. The van der Waals surface area contributed by atoms with Gasteiger partial charge < -0.3 is 5.73 Å². The Balaban J connectivity index is 1.70. The second-order valence-electron chi connectivity index (χ2n) is 5.93. The summed E-state index contributed by atoms with van der Waals surface area (Å²) in [7, 11) is 0. The van der Waals surface area contributed by atoms with Crippen LogP contribution in [0, 0.1) is 0 Å². The van der Waals surface area contributed by atoms with Gasteiger partial charge in [-0.15, -0.1) is 0 Å². The van der Waals surface area contributed by atoms with Crippen molar-refractivity contribution in [3.63, 3.8) is 0 Å². The van der Waals surface area contributed by atoms with Crippen molar-refractivity contribution in [2.45, 2.75) is 38.4 Å². The summed E-state index contributed by atoms with van der Waals surface area (Å²) in [6, 6.07) is 7.75. The quantitative estimate of drug-likeness (QED) is 0.849. The summed E-state index contributed by atoms with van der Waals surface area (Å²) in [5.41, 5.74) is 8.13. The standard InChI is InChI=1S/C15H22BrN3/c1-11-8-18-6-2-3-13(18)10-19(11)9-12-4-5-14(16)15(17)7-12/h4-5,7,11,13H,2-3,6,8-10,17H2,1H3. The third kappa shape index (κ3) is 2.81. The van der Waals surface area contributed by atoms with E-state index in [2.05, 4.69) is 50.9 Å². The van der Waals surface area contributed by atoms with Crippen molar-refractivity contribution in [1.29, 1.82) is 0 Å². The zero-order valence-corrected chi connectivity index (χ0v) is 13.1. The van der Waals surface area contributed by atoms with E-state index in [9.17, 15) is 0 Å². The number of fused-ring (bicyclic) bond motifs is 1. The van der Waals surface area contributed by atoms with Crippen LogP contribution in [0.4, 0.5) is 5.69 Å². The first-order valence-electron chi connectivity index (χ1n) is 7.15. The average Bonchev–Trinajstić information content (AvgIpc) is 2.81. The largest absolute Gasteiger partial charge is 0.398 e. The van der Waals surface area contributed by atoms with E-state index in [1.54, 1.807) is 0 Å². The number of nitrogens with zero attached hydrogens (tertiary/aromatic N) is 2. The molecule has 0 aromatic heterocycles. The number of halogens is 1. The first-order valence-corrected chi connectivity index (χ1v) is 7.95. The molecule has 0 saturated carbocycles. The molecule has 2 aliphatic rings. The van der Waals surface area contributed by atoms with Gasteiger partial charge >= 0.3 is 0 Å². The van der Waals surface area contributed by atoms with Gasteiger partial charge in [-0.25, -0.2) is 0 Å². The van der Waals surface area contributed by atoms with E-state index in [1.165, 1.54) is 38.0 Å². The Morgan fingerprint density at radius 3 is 3.00 bits per heavy atom. The van der Waals surface area contributed by atoms with Gasteiger partial charge in [0.25, 0.3) is 0 Å². The zero-order valence-electron chi connectivity index (χ0n) is 11.5. The topological polar surface area (TPSA) is 32.5 Å². The minimum Gasteiger partial charge on any atom is -0.398 e. The highest BCUT2D eigenvalue weighted by atomic mass is 79.9. The summed E-state index contributed by atoms with van der Waals surface area (Å²) in [4.78, 5) is 5.27. The van der Waals surface area contributed by atoms with Gasteiger partial charge in [0.15, 0.2) is 0 Å². The van der Waals surface area contributed by atoms with E-state index in [1.807, 2.05) is 0 Å². The van der Waals surface area contributed by atoms with Crippen molar-refractivity contribution in [2.24, 2.45) is 0 Å². The van der Waals surface area contributed by atoms with Crippen molar-refractivity contribution in [3.8, 4) is 0 Å². The Morgan fingerprint density at radius 1 is 1.37 bits per heavy atom. The number of benzene rings is 1. The van der Waals surface area contributed by atoms with Crippen LogP contribution in [0.5, 0.6) is 0 Å². The Kier molecular flexibility index (Phi) is 3.83. The van der Waals surface area contributed by atoms with Gasteiger partial charge in [0.1, 0.15) is 0 Å². The smallest absolute Gasteiger partial charge is 0.0461 e. The van der Waals surface area contributed by atoms with Crippen molar-refractivity contribution in [1.82, 2.24) is 9.80 Å². The molecular weight excluding hydrogens is 302 g/mol. The molecule has 2 N–H and O–H groups in total. The van der Waals surface area contributed by atoms with Gasteiger partial charge in [0.05, 0.1) is 0 Å². The highest BCUT2D eigenvalue weighted by molar-refractivity contribution is 9.10. The molecule has 0 aliphatic carbocycles. The van der Waals surface area contributed by atoms with Gasteiger partial charge in [-0.2, -0.15) is 0 Å². The normalized spacial score (nSPS) is 28.5. The van der Waals surface area contributed by atoms with Crippen LogP contribution in [0.3, 0.4) is 0 Å². The third-order valence-corrected chi connectivity index (χ3v) is 5.23. The zero-order chi connectivity index (χ0) is 13.4. The Morgan fingerprint density at radius 2 is 2.21 bits per heavy atom. The predicted octanol–water partition coefficient (Wildman–Crippen LogP) is 2.70. The lowest BCUT2D eigenvalue weighted by Gasteiger charge is -2.42. The first-order chi connectivity index (χ1) is 9.13. The maximum absolute atomic E-state index is 5.97. The molecule has 2 atom stereocenters. The number of hydrogen-bond acceptors (Lipinski definition) is 3. The van der Waals surface area contributed by atoms with E-state index in [0.29, 0.717) is 6.04 Å². The van der Waals surface area contributed by atoms with Crippen LogP contribution in [-0.2, 0) is 6.54 Å². The first kappa shape index (κ1) is 13.4. The lowest BCUT2D eigenvalue weighted by molar-refractivity contribution is 0.0540. The fourth-order valence-corrected chi connectivity index (χ4v) is 3.64. The summed E-state index contributed by atoms with van der Waals surface area (Å²) < 4.78 is 0.991. The number of nitrogen functional groups attached to an aromatic ring is 1. The summed E-state index contributed by atoms with van der Waals surface area (Å²) in [6.45, 7) is 7.08. The molecule has 2 aliphatic heterocycles. The van der Waals surface area contributed by atoms with Crippen molar-refractivity contribution >= 4 is 21.6 Å². The maximum Gasteiger partial charge on any atom is 0.0461 e. The fourth-order valence-electron chi connectivity index (χ4n) is 3.39. The molecule has 0 amide bonds. The number of anilines is 1. The minimum absolute atomic E-state index is 0.638. The Hall–Kier alpha value is -0.580. The average molecular weight is 324 g/mol. The molecule has 1 aromatic rings. The predicted molar refractivity (Wildman–Crippen MR) is 83.0 cm³/mol. The third-order valence-electron chi connectivity index (χ3n) is 4.51. The molecule has 2 fully saturated rings. The van der Waals surface area contributed by atoms with Crippen LogP contribution >= 0.6 is 15.9 Å². The summed E-state index contributed by atoms with van der Waals surface area (Å²) in [5, 5.41) is 0. The molecule has 104 valence electrons. The fraction of sp³-hybridized carbons (Fsp3) is 0.600. The van der Waals surface area contributed by atoms with Crippen molar-refractivity contribution in [2.75, 3.05) is 25.4 Å². The van der Waals surface area contributed by atoms with E-state index in [-0.39, 0.29) is 0 Å². The van der Waals surface area contributed by atoms with E-state index >= 15 is 0 Å². The molecule has 3 rings (SSSR count). The second-order valence-corrected chi connectivity index (χ2v) is 6.78. The van der Waals surface area contributed by atoms with Crippen LogP contribution < -0.4 is 5.73 Å². The number of hydrogen-bond donors (Lipinski definition) is 1. The highest BCUT2D eigenvalue weighted by Crippen LogP contribution is 2.27. The molecule has 0 spiro atoms. The Bertz CT molecular complexity index is 463. The molecule has 0 radical (unpaired) electrons. The Labute approximate surface area is 123 Å².